The molecule has 3 N–H and O–H groups in total. The molecule has 0 heterocycles. The summed E-state index contributed by atoms with van der Waals surface area (Å²) in [7, 11) is -0.943. The topological polar surface area (TPSA) is 72.2 Å². The molecule has 1 rings (SSSR count). The first kappa shape index (κ1) is 13.6. The molecule has 0 bridgehead atoms. The van der Waals surface area contributed by atoms with Crippen molar-refractivity contribution < 1.29 is 13.4 Å². The number of anilines is 1. The van der Waals surface area contributed by atoms with Crippen molar-refractivity contribution in [2.45, 2.75) is 6.92 Å². The lowest BCUT2D eigenvalue weighted by Gasteiger charge is -2.06. The predicted octanol–water partition coefficient (Wildman–Crippen LogP) is 0.906. The van der Waals surface area contributed by atoms with Gasteiger partial charge in [-0.25, -0.2) is 4.39 Å². The number of rotatable bonds is 5. The first-order chi connectivity index (χ1) is 8.04. The monoisotopic (exact) mass is 258 g/mol. The van der Waals surface area contributed by atoms with Crippen LogP contribution < -0.4 is 11.1 Å². The standard InChI is InChI=1S/C11H15FN2O2S/c1-2-17(16)6-5-14-11(15)9-7-8(13)3-4-10(9)12/h3-4,7H,2,5-6,13H2,1H3,(H,14,15). The average Bonchev–Trinajstić information content (AvgIpc) is 2.31. The fourth-order valence-electron chi connectivity index (χ4n) is 1.23. The molecule has 0 radical (unpaired) electrons. The van der Waals surface area contributed by atoms with E-state index in [1.807, 2.05) is 0 Å². The van der Waals surface area contributed by atoms with Crippen molar-refractivity contribution in [1.29, 1.82) is 0 Å². The lowest BCUT2D eigenvalue weighted by atomic mass is 10.2. The molecule has 0 saturated carbocycles. The van der Waals surface area contributed by atoms with Crippen molar-refractivity contribution in [3.05, 3.63) is 29.6 Å². The molecule has 0 spiro atoms. The summed E-state index contributed by atoms with van der Waals surface area (Å²) in [5.74, 6) is -0.245. The van der Waals surface area contributed by atoms with E-state index in [2.05, 4.69) is 5.32 Å². The highest BCUT2D eigenvalue weighted by atomic mass is 32.2. The molecule has 94 valence electrons. The van der Waals surface area contributed by atoms with Crippen LogP contribution in [0, 0.1) is 5.82 Å². The van der Waals surface area contributed by atoms with E-state index in [-0.39, 0.29) is 12.1 Å². The Morgan fingerprint density at radius 3 is 2.88 bits per heavy atom. The summed E-state index contributed by atoms with van der Waals surface area (Å²) in [6, 6.07) is 3.81. The van der Waals surface area contributed by atoms with Crippen LogP contribution in [0.4, 0.5) is 10.1 Å². The molecule has 0 aliphatic carbocycles. The van der Waals surface area contributed by atoms with Crippen LogP contribution in [0.15, 0.2) is 18.2 Å². The normalized spacial score (nSPS) is 12.1. The third-order valence-electron chi connectivity index (χ3n) is 2.17. The fourth-order valence-corrected chi connectivity index (χ4v) is 1.85. The number of hydrogen-bond donors (Lipinski definition) is 2. The summed E-state index contributed by atoms with van der Waals surface area (Å²) in [6.07, 6.45) is 0. The second-order valence-electron chi connectivity index (χ2n) is 3.43. The minimum absolute atomic E-state index is 0.0905. The lowest BCUT2D eigenvalue weighted by Crippen LogP contribution is -2.28. The van der Waals surface area contributed by atoms with Crippen LogP contribution in [0.25, 0.3) is 0 Å². The number of hydrogen-bond acceptors (Lipinski definition) is 3. The summed E-state index contributed by atoms with van der Waals surface area (Å²) in [5.41, 5.74) is 5.71. The molecule has 1 amide bonds. The predicted molar refractivity (Wildman–Crippen MR) is 66.7 cm³/mol. The Balaban J connectivity index is 2.58. The van der Waals surface area contributed by atoms with Crippen molar-refractivity contribution >= 4 is 22.4 Å². The summed E-state index contributed by atoms with van der Waals surface area (Å²) in [5, 5.41) is 2.50. The molecule has 0 fully saturated rings. The SMILES string of the molecule is CCS(=O)CCNC(=O)c1cc(N)ccc1F. The van der Waals surface area contributed by atoms with Gasteiger partial charge in [0.05, 0.1) is 5.56 Å². The van der Waals surface area contributed by atoms with E-state index in [9.17, 15) is 13.4 Å². The third-order valence-corrected chi connectivity index (χ3v) is 3.48. The van der Waals surface area contributed by atoms with Crippen molar-refractivity contribution in [2.75, 3.05) is 23.8 Å². The largest absolute Gasteiger partial charge is 0.399 e. The van der Waals surface area contributed by atoms with Crippen LogP contribution in [0.1, 0.15) is 17.3 Å². The van der Waals surface area contributed by atoms with Gasteiger partial charge in [-0.05, 0) is 18.2 Å². The second-order valence-corrected chi connectivity index (χ2v) is 5.29. The fraction of sp³-hybridized carbons (Fsp3) is 0.364. The van der Waals surface area contributed by atoms with E-state index in [1.54, 1.807) is 6.92 Å². The van der Waals surface area contributed by atoms with Crippen molar-refractivity contribution in [1.82, 2.24) is 5.32 Å². The molecule has 17 heavy (non-hydrogen) atoms. The van der Waals surface area contributed by atoms with Gasteiger partial charge in [-0.3, -0.25) is 9.00 Å². The minimum atomic E-state index is -0.943. The molecular formula is C11H15FN2O2S. The molecule has 6 heteroatoms. The van der Waals surface area contributed by atoms with Gasteiger partial charge in [0.15, 0.2) is 0 Å². The van der Waals surface area contributed by atoms with Crippen LogP contribution >= 0.6 is 0 Å². The molecule has 0 aliphatic rings. The van der Waals surface area contributed by atoms with Crippen LogP contribution in [0.3, 0.4) is 0 Å². The number of nitrogens with one attached hydrogen (secondary N) is 1. The quantitative estimate of drug-likeness (QED) is 0.771. The first-order valence-corrected chi connectivity index (χ1v) is 6.71. The molecule has 0 aromatic heterocycles. The van der Waals surface area contributed by atoms with Gasteiger partial charge in [0.2, 0.25) is 0 Å². The Morgan fingerprint density at radius 2 is 2.24 bits per heavy atom. The Bertz CT molecular complexity index is 437. The Morgan fingerprint density at radius 1 is 1.53 bits per heavy atom. The zero-order valence-electron chi connectivity index (χ0n) is 9.53. The number of carbonyl (C=O) groups excluding carboxylic acids is 1. The van der Waals surface area contributed by atoms with E-state index < -0.39 is 22.5 Å². The maximum atomic E-state index is 13.3. The smallest absolute Gasteiger partial charge is 0.254 e. The summed E-state index contributed by atoms with van der Waals surface area (Å²) >= 11 is 0. The minimum Gasteiger partial charge on any atom is -0.399 e. The van der Waals surface area contributed by atoms with E-state index in [0.717, 1.165) is 6.07 Å². The Labute approximate surface area is 102 Å². The van der Waals surface area contributed by atoms with Gasteiger partial charge >= 0.3 is 0 Å². The molecule has 4 nitrogen and oxygen atoms in total. The number of carbonyl (C=O) groups is 1. The molecule has 0 aliphatic heterocycles. The van der Waals surface area contributed by atoms with Gasteiger partial charge < -0.3 is 11.1 Å². The van der Waals surface area contributed by atoms with Crippen molar-refractivity contribution in [2.24, 2.45) is 0 Å². The van der Waals surface area contributed by atoms with Gasteiger partial charge in [-0.15, -0.1) is 0 Å². The summed E-state index contributed by atoms with van der Waals surface area (Å²) in [4.78, 5) is 11.6. The van der Waals surface area contributed by atoms with Crippen LogP contribution in [-0.4, -0.2) is 28.2 Å². The van der Waals surface area contributed by atoms with Gasteiger partial charge in [0.1, 0.15) is 5.82 Å². The highest BCUT2D eigenvalue weighted by molar-refractivity contribution is 7.84. The number of nitrogens with two attached hydrogens (primary N) is 1. The van der Waals surface area contributed by atoms with Gasteiger partial charge in [-0.1, -0.05) is 6.92 Å². The zero-order chi connectivity index (χ0) is 12.8. The van der Waals surface area contributed by atoms with E-state index in [4.69, 9.17) is 5.73 Å². The second kappa shape index (κ2) is 6.34. The number of amides is 1. The van der Waals surface area contributed by atoms with Gasteiger partial charge in [0, 0.05) is 34.5 Å². The Kier molecular flexibility index (Phi) is 5.09. The average molecular weight is 258 g/mol. The zero-order valence-corrected chi connectivity index (χ0v) is 10.3. The number of halogens is 1. The molecule has 1 aromatic carbocycles. The maximum Gasteiger partial charge on any atom is 0.254 e. The lowest BCUT2D eigenvalue weighted by molar-refractivity contribution is 0.0952. The Hall–Kier alpha value is -1.43. The van der Waals surface area contributed by atoms with Crippen molar-refractivity contribution in [3.63, 3.8) is 0 Å². The number of nitrogen functional groups attached to an aromatic ring is 1. The van der Waals surface area contributed by atoms with Crippen LogP contribution in [0.2, 0.25) is 0 Å². The number of benzene rings is 1. The summed E-state index contributed by atoms with van der Waals surface area (Å²) in [6.45, 7) is 2.06. The van der Waals surface area contributed by atoms with Crippen LogP contribution in [-0.2, 0) is 10.8 Å². The first-order valence-electron chi connectivity index (χ1n) is 5.22. The molecule has 1 aromatic rings. The molecule has 0 saturated heterocycles. The highest BCUT2D eigenvalue weighted by Crippen LogP contribution is 2.11. The van der Waals surface area contributed by atoms with E-state index >= 15 is 0 Å². The van der Waals surface area contributed by atoms with Crippen molar-refractivity contribution in [3.8, 4) is 0 Å². The molecular weight excluding hydrogens is 243 g/mol. The molecule has 1 atom stereocenters. The molecule has 1 unspecified atom stereocenters. The highest BCUT2D eigenvalue weighted by Gasteiger charge is 2.11. The van der Waals surface area contributed by atoms with Gasteiger partial charge in [-0.2, -0.15) is 0 Å². The van der Waals surface area contributed by atoms with Crippen LogP contribution in [0.5, 0.6) is 0 Å². The third kappa shape index (κ3) is 4.14. The maximum absolute atomic E-state index is 13.3. The van der Waals surface area contributed by atoms with E-state index in [1.165, 1.54) is 12.1 Å². The van der Waals surface area contributed by atoms with E-state index in [0.29, 0.717) is 17.2 Å². The summed E-state index contributed by atoms with van der Waals surface area (Å²) < 4.78 is 24.4. The van der Waals surface area contributed by atoms with Gasteiger partial charge in [0.25, 0.3) is 5.91 Å².